The molecule has 0 aliphatic carbocycles. The Hall–Kier alpha value is -1.43. The Morgan fingerprint density at radius 1 is 1.14 bits per heavy atom. The fraction of sp³-hybridized carbons (Fsp3) is 0.800. The minimum Gasteiger partial charge on any atom is -0.356 e. The molecule has 0 saturated carbocycles. The van der Waals surface area contributed by atoms with Crippen molar-refractivity contribution in [1.29, 1.82) is 0 Å². The van der Waals surface area contributed by atoms with Gasteiger partial charge < -0.3 is 10.2 Å². The molecule has 2 saturated heterocycles. The summed E-state index contributed by atoms with van der Waals surface area (Å²) in [4.78, 5) is 38.3. The number of ketones is 1. The van der Waals surface area contributed by atoms with Crippen molar-refractivity contribution in [2.75, 3.05) is 39.3 Å². The zero-order valence-electron chi connectivity index (χ0n) is 12.8. The van der Waals surface area contributed by atoms with Gasteiger partial charge in [0.1, 0.15) is 5.78 Å². The minimum atomic E-state index is 0.0206. The predicted molar refractivity (Wildman–Crippen MR) is 78.7 cm³/mol. The smallest absolute Gasteiger partial charge is 0.236 e. The van der Waals surface area contributed by atoms with Crippen LogP contribution in [0.3, 0.4) is 0 Å². The first-order valence-corrected chi connectivity index (χ1v) is 7.81. The summed E-state index contributed by atoms with van der Waals surface area (Å²) in [6, 6.07) is 0. The van der Waals surface area contributed by atoms with Gasteiger partial charge in [-0.2, -0.15) is 0 Å². The fourth-order valence-electron chi connectivity index (χ4n) is 2.93. The Kier molecular flexibility index (Phi) is 5.73. The summed E-state index contributed by atoms with van der Waals surface area (Å²) in [7, 11) is 0. The summed E-state index contributed by atoms with van der Waals surface area (Å²) in [6.07, 6.45) is 3.05. The number of rotatable bonds is 4. The summed E-state index contributed by atoms with van der Waals surface area (Å²) < 4.78 is 0. The van der Waals surface area contributed by atoms with E-state index in [-0.39, 0.29) is 17.6 Å². The quantitative estimate of drug-likeness (QED) is 0.794. The van der Waals surface area contributed by atoms with Crippen LogP contribution in [0.4, 0.5) is 0 Å². The normalized spacial score (nSPS) is 21.4. The number of hydrogen-bond donors (Lipinski definition) is 1. The van der Waals surface area contributed by atoms with Crippen LogP contribution in [0.25, 0.3) is 0 Å². The standard InChI is InChI=1S/C15H25N3O3/c1-12(19)16-10-13-2-6-17(7-3-13)11-15(21)18-8-4-14(20)5-9-18/h13H,2-11H2,1H3,(H,16,19). The van der Waals surface area contributed by atoms with Gasteiger partial charge in [-0.25, -0.2) is 0 Å². The highest BCUT2D eigenvalue weighted by Gasteiger charge is 2.25. The van der Waals surface area contributed by atoms with Gasteiger partial charge in [0.25, 0.3) is 0 Å². The summed E-state index contributed by atoms with van der Waals surface area (Å²) in [5.74, 6) is 0.945. The van der Waals surface area contributed by atoms with Crippen LogP contribution in [0.5, 0.6) is 0 Å². The first-order valence-electron chi connectivity index (χ1n) is 7.81. The van der Waals surface area contributed by atoms with Crippen LogP contribution in [0.2, 0.25) is 0 Å². The van der Waals surface area contributed by atoms with Crippen LogP contribution in [0, 0.1) is 5.92 Å². The Morgan fingerprint density at radius 2 is 1.76 bits per heavy atom. The molecule has 0 aromatic rings. The van der Waals surface area contributed by atoms with E-state index in [0.29, 0.717) is 38.4 Å². The Labute approximate surface area is 125 Å². The molecule has 2 rings (SSSR count). The second kappa shape index (κ2) is 7.54. The summed E-state index contributed by atoms with van der Waals surface area (Å²) in [6.45, 7) is 5.71. The number of piperidine rings is 2. The summed E-state index contributed by atoms with van der Waals surface area (Å²) in [5, 5.41) is 2.86. The summed E-state index contributed by atoms with van der Waals surface area (Å²) in [5.41, 5.74) is 0. The second-order valence-corrected chi connectivity index (χ2v) is 6.08. The van der Waals surface area contributed by atoms with Gasteiger partial charge in [0.2, 0.25) is 11.8 Å². The molecule has 1 N–H and O–H groups in total. The summed E-state index contributed by atoms with van der Waals surface area (Å²) >= 11 is 0. The Morgan fingerprint density at radius 3 is 2.33 bits per heavy atom. The largest absolute Gasteiger partial charge is 0.356 e. The van der Waals surface area contributed by atoms with Crippen molar-refractivity contribution in [2.45, 2.75) is 32.6 Å². The molecule has 2 aliphatic heterocycles. The van der Waals surface area contributed by atoms with Gasteiger partial charge in [0, 0.05) is 39.4 Å². The number of hydrogen-bond acceptors (Lipinski definition) is 4. The third kappa shape index (κ3) is 5.12. The zero-order valence-corrected chi connectivity index (χ0v) is 12.8. The zero-order chi connectivity index (χ0) is 15.2. The number of carbonyl (C=O) groups excluding carboxylic acids is 3. The van der Waals surface area contributed by atoms with Crippen LogP contribution < -0.4 is 5.32 Å². The second-order valence-electron chi connectivity index (χ2n) is 6.08. The number of nitrogens with zero attached hydrogens (tertiary/aromatic N) is 2. The lowest BCUT2D eigenvalue weighted by molar-refractivity contribution is -0.135. The van der Waals surface area contributed by atoms with Crippen molar-refractivity contribution in [2.24, 2.45) is 5.92 Å². The lowest BCUT2D eigenvalue weighted by Gasteiger charge is -2.34. The molecule has 2 fully saturated rings. The number of amides is 2. The van der Waals surface area contributed by atoms with E-state index in [4.69, 9.17) is 0 Å². The van der Waals surface area contributed by atoms with E-state index in [9.17, 15) is 14.4 Å². The van der Waals surface area contributed by atoms with E-state index in [0.717, 1.165) is 32.5 Å². The average molecular weight is 295 g/mol. The van der Waals surface area contributed by atoms with Gasteiger partial charge >= 0.3 is 0 Å². The fourth-order valence-corrected chi connectivity index (χ4v) is 2.93. The van der Waals surface area contributed by atoms with Crippen molar-refractivity contribution in [3.05, 3.63) is 0 Å². The van der Waals surface area contributed by atoms with Crippen molar-refractivity contribution < 1.29 is 14.4 Å². The molecule has 0 atom stereocenters. The third-order valence-corrected chi connectivity index (χ3v) is 4.38. The molecular weight excluding hydrogens is 270 g/mol. The lowest BCUT2D eigenvalue weighted by Crippen LogP contribution is -2.46. The molecular formula is C15H25N3O3. The minimum absolute atomic E-state index is 0.0206. The van der Waals surface area contributed by atoms with E-state index in [1.165, 1.54) is 6.92 Å². The van der Waals surface area contributed by atoms with Gasteiger partial charge in [-0.3, -0.25) is 19.3 Å². The van der Waals surface area contributed by atoms with Crippen LogP contribution >= 0.6 is 0 Å². The van der Waals surface area contributed by atoms with Crippen LogP contribution in [0.1, 0.15) is 32.6 Å². The van der Waals surface area contributed by atoms with Crippen molar-refractivity contribution in [3.63, 3.8) is 0 Å². The molecule has 0 aromatic carbocycles. The molecule has 6 heteroatoms. The predicted octanol–water partition coefficient (Wildman–Crippen LogP) is 0.0260. The maximum atomic E-state index is 12.2. The molecule has 0 aromatic heterocycles. The van der Waals surface area contributed by atoms with Gasteiger partial charge in [-0.05, 0) is 31.8 Å². The van der Waals surface area contributed by atoms with Crippen LogP contribution in [-0.2, 0) is 14.4 Å². The molecule has 118 valence electrons. The lowest BCUT2D eigenvalue weighted by atomic mass is 9.96. The van der Waals surface area contributed by atoms with E-state index < -0.39 is 0 Å². The number of likely N-dealkylation sites (tertiary alicyclic amines) is 2. The average Bonchev–Trinajstić information content (AvgIpc) is 2.47. The molecule has 0 radical (unpaired) electrons. The van der Waals surface area contributed by atoms with E-state index >= 15 is 0 Å². The van der Waals surface area contributed by atoms with Crippen molar-refractivity contribution in [1.82, 2.24) is 15.1 Å². The topological polar surface area (TPSA) is 69.7 Å². The maximum absolute atomic E-state index is 12.2. The van der Waals surface area contributed by atoms with Crippen molar-refractivity contribution in [3.8, 4) is 0 Å². The van der Waals surface area contributed by atoms with E-state index in [1.807, 2.05) is 4.90 Å². The highest BCUT2D eigenvalue weighted by Crippen LogP contribution is 2.16. The Bertz CT molecular complexity index is 393. The Balaban J connectivity index is 1.67. The van der Waals surface area contributed by atoms with E-state index in [2.05, 4.69) is 10.2 Å². The first-order chi connectivity index (χ1) is 10.0. The highest BCUT2D eigenvalue weighted by molar-refractivity contribution is 5.84. The molecule has 0 unspecified atom stereocenters. The van der Waals surface area contributed by atoms with Gasteiger partial charge in [0.05, 0.1) is 6.54 Å². The molecule has 6 nitrogen and oxygen atoms in total. The third-order valence-electron chi connectivity index (χ3n) is 4.38. The molecule has 21 heavy (non-hydrogen) atoms. The highest BCUT2D eigenvalue weighted by atomic mass is 16.2. The number of nitrogens with one attached hydrogen (secondary N) is 1. The maximum Gasteiger partial charge on any atom is 0.236 e. The van der Waals surface area contributed by atoms with Crippen LogP contribution in [-0.4, -0.2) is 66.7 Å². The van der Waals surface area contributed by atoms with Gasteiger partial charge in [0.15, 0.2) is 0 Å². The molecule has 2 heterocycles. The SMILES string of the molecule is CC(=O)NCC1CCN(CC(=O)N2CCC(=O)CC2)CC1. The van der Waals surface area contributed by atoms with Crippen molar-refractivity contribution >= 4 is 17.6 Å². The number of Topliss-reactive ketones (excluding diaryl/α,β-unsaturated/α-hetero) is 1. The molecule has 0 bridgehead atoms. The van der Waals surface area contributed by atoms with Gasteiger partial charge in [-0.1, -0.05) is 0 Å². The monoisotopic (exact) mass is 295 g/mol. The molecule has 2 aliphatic rings. The molecule has 0 spiro atoms. The van der Waals surface area contributed by atoms with Crippen LogP contribution in [0.15, 0.2) is 0 Å². The number of carbonyl (C=O) groups is 3. The van der Waals surface area contributed by atoms with E-state index in [1.54, 1.807) is 0 Å². The van der Waals surface area contributed by atoms with Gasteiger partial charge in [-0.15, -0.1) is 0 Å². The first kappa shape index (κ1) is 15.9. The molecule has 2 amide bonds.